The molecule has 232 valence electrons. The molecule has 6 nitrogen and oxygen atoms in total. The Morgan fingerprint density at radius 3 is 2.02 bits per heavy atom. The van der Waals surface area contributed by atoms with E-state index >= 15 is 0 Å². The molecule has 0 spiro atoms. The molecule has 0 aliphatic carbocycles. The highest BCUT2D eigenvalue weighted by Crippen LogP contribution is 2.16. The summed E-state index contributed by atoms with van der Waals surface area (Å²) in [7, 11) is 0. The lowest BCUT2D eigenvalue weighted by Gasteiger charge is -2.22. The minimum Gasteiger partial charge on any atom is -0.457 e. The van der Waals surface area contributed by atoms with Crippen LogP contribution < -0.4 is 4.74 Å². The summed E-state index contributed by atoms with van der Waals surface area (Å²) in [5.41, 5.74) is 0. The fraction of sp³-hybridized carbons (Fsp3) is 0.879. The largest absolute Gasteiger partial charge is 0.457 e. The summed E-state index contributed by atoms with van der Waals surface area (Å²) in [6.07, 6.45) is 29.9. The van der Waals surface area contributed by atoms with E-state index in [-0.39, 0.29) is 12.4 Å². The van der Waals surface area contributed by atoms with Gasteiger partial charge in [0.15, 0.2) is 6.29 Å². The van der Waals surface area contributed by atoms with E-state index in [9.17, 15) is 0 Å². The molecule has 1 fully saturated rings. The Labute approximate surface area is 250 Å². The van der Waals surface area contributed by atoms with Gasteiger partial charge in [0.1, 0.15) is 6.10 Å². The predicted molar refractivity (Wildman–Crippen MR) is 168 cm³/mol. The van der Waals surface area contributed by atoms with Crippen LogP contribution in [-0.2, 0) is 14.2 Å². The molecule has 7 heteroatoms. The number of aromatic nitrogens is 2. The van der Waals surface area contributed by atoms with Gasteiger partial charge in [-0.2, -0.15) is 11.8 Å². The number of rotatable bonds is 28. The van der Waals surface area contributed by atoms with E-state index in [0.717, 1.165) is 57.0 Å². The van der Waals surface area contributed by atoms with E-state index < -0.39 is 0 Å². The zero-order valence-electron chi connectivity index (χ0n) is 25.7. The van der Waals surface area contributed by atoms with E-state index in [2.05, 4.69) is 16.9 Å². The second-order valence-electron chi connectivity index (χ2n) is 11.2. The maximum atomic E-state index is 6.03. The zero-order valence-corrected chi connectivity index (χ0v) is 26.5. The van der Waals surface area contributed by atoms with Crippen molar-refractivity contribution in [1.29, 1.82) is 0 Å². The van der Waals surface area contributed by atoms with Crippen LogP contribution in [0.2, 0.25) is 0 Å². The maximum absolute atomic E-state index is 6.03. The standard InChI is InChI=1S/C33H60N2O4S/c1-2-3-4-5-6-7-8-9-10-11-12-13-14-15-16-18-25-36-29-31(39-33-34-23-20-24-35-33)30-40-28-21-27-38-32-22-17-19-26-37-32/h20,23-24,31-32H,2-19,21-22,25-30H2,1H3. The molecule has 0 amide bonds. The number of hydrogen-bond donors (Lipinski definition) is 0. The van der Waals surface area contributed by atoms with Gasteiger partial charge in [0.2, 0.25) is 0 Å². The Kier molecular flexibility index (Phi) is 23.8. The van der Waals surface area contributed by atoms with Crippen LogP contribution in [0.5, 0.6) is 6.01 Å². The normalized spacial score (nSPS) is 16.3. The van der Waals surface area contributed by atoms with Gasteiger partial charge in [-0.3, -0.25) is 0 Å². The van der Waals surface area contributed by atoms with Crippen LogP contribution >= 0.6 is 11.8 Å². The number of ether oxygens (including phenoxy) is 4. The molecule has 2 unspecified atom stereocenters. The van der Waals surface area contributed by atoms with Crippen LogP contribution in [0.4, 0.5) is 0 Å². The highest BCUT2D eigenvalue weighted by atomic mass is 32.2. The Morgan fingerprint density at radius 2 is 1.43 bits per heavy atom. The Hall–Kier alpha value is -0.890. The summed E-state index contributed by atoms with van der Waals surface area (Å²) in [5.74, 6) is 1.89. The summed E-state index contributed by atoms with van der Waals surface area (Å²) in [6, 6.07) is 2.23. The average molecular weight is 581 g/mol. The Bertz CT molecular complexity index is 649. The first kappa shape index (κ1) is 35.3. The molecule has 40 heavy (non-hydrogen) atoms. The fourth-order valence-electron chi connectivity index (χ4n) is 5.01. The van der Waals surface area contributed by atoms with E-state index in [0.29, 0.717) is 12.6 Å². The zero-order chi connectivity index (χ0) is 28.2. The van der Waals surface area contributed by atoms with Gasteiger partial charge in [-0.1, -0.05) is 103 Å². The second-order valence-corrected chi connectivity index (χ2v) is 12.4. The molecule has 0 saturated carbocycles. The first-order valence-corrected chi connectivity index (χ1v) is 17.9. The van der Waals surface area contributed by atoms with Gasteiger partial charge >= 0.3 is 6.01 Å². The molecule has 1 aromatic rings. The number of thioether (sulfide) groups is 1. The number of nitrogens with zero attached hydrogens (tertiary/aromatic N) is 2. The molecule has 2 heterocycles. The van der Waals surface area contributed by atoms with E-state index in [4.69, 9.17) is 18.9 Å². The van der Waals surface area contributed by atoms with Gasteiger partial charge in [-0.05, 0) is 43.9 Å². The fourth-order valence-corrected chi connectivity index (χ4v) is 5.93. The molecule has 0 radical (unpaired) electrons. The molecule has 1 aliphatic heterocycles. The van der Waals surface area contributed by atoms with Gasteiger partial charge < -0.3 is 18.9 Å². The van der Waals surface area contributed by atoms with E-state index in [1.807, 2.05) is 11.8 Å². The molecule has 0 N–H and O–H groups in total. The minimum absolute atomic E-state index is 0.00278. The van der Waals surface area contributed by atoms with Crippen molar-refractivity contribution < 1.29 is 18.9 Å². The van der Waals surface area contributed by atoms with Crippen molar-refractivity contribution in [3.05, 3.63) is 18.5 Å². The molecule has 0 bridgehead atoms. The highest BCUT2D eigenvalue weighted by Gasteiger charge is 2.15. The third kappa shape index (κ3) is 20.9. The van der Waals surface area contributed by atoms with Crippen molar-refractivity contribution in [2.75, 3.05) is 37.9 Å². The van der Waals surface area contributed by atoms with Crippen molar-refractivity contribution in [3.63, 3.8) is 0 Å². The van der Waals surface area contributed by atoms with Crippen molar-refractivity contribution in [2.45, 2.75) is 148 Å². The van der Waals surface area contributed by atoms with Crippen molar-refractivity contribution >= 4 is 11.8 Å². The van der Waals surface area contributed by atoms with E-state index in [1.54, 1.807) is 18.5 Å². The van der Waals surface area contributed by atoms with Crippen LogP contribution in [0.3, 0.4) is 0 Å². The summed E-state index contributed by atoms with van der Waals surface area (Å²) < 4.78 is 23.5. The summed E-state index contributed by atoms with van der Waals surface area (Å²) in [4.78, 5) is 8.45. The molecule has 2 rings (SSSR count). The van der Waals surface area contributed by atoms with Gasteiger partial charge in [-0.25, -0.2) is 9.97 Å². The lowest BCUT2D eigenvalue weighted by atomic mass is 10.0. The third-order valence-electron chi connectivity index (χ3n) is 7.44. The lowest BCUT2D eigenvalue weighted by Crippen LogP contribution is -2.27. The Morgan fingerprint density at radius 1 is 0.800 bits per heavy atom. The lowest BCUT2D eigenvalue weighted by molar-refractivity contribution is -0.162. The van der Waals surface area contributed by atoms with Crippen LogP contribution in [0.25, 0.3) is 0 Å². The highest BCUT2D eigenvalue weighted by molar-refractivity contribution is 7.99. The van der Waals surface area contributed by atoms with Gasteiger partial charge in [0, 0.05) is 31.4 Å². The summed E-state index contributed by atoms with van der Waals surface area (Å²) >= 11 is 1.88. The summed E-state index contributed by atoms with van der Waals surface area (Å²) in [6.45, 7) is 5.25. The number of hydrogen-bond acceptors (Lipinski definition) is 7. The van der Waals surface area contributed by atoms with E-state index in [1.165, 1.54) is 103 Å². The molecule has 0 aromatic carbocycles. The number of unbranched alkanes of at least 4 members (excludes halogenated alkanes) is 15. The quantitative estimate of drug-likeness (QED) is 0.0916. The molecular weight excluding hydrogens is 520 g/mol. The molecule has 1 saturated heterocycles. The molecule has 2 atom stereocenters. The van der Waals surface area contributed by atoms with Crippen LogP contribution in [0, 0.1) is 0 Å². The van der Waals surface area contributed by atoms with Crippen LogP contribution in [0.15, 0.2) is 18.5 Å². The van der Waals surface area contributed by atoms with Gasteiger partial charge in [-0.15, -0.1) is 0 Å². The van der Waals surface area contributed by atoms with Gasteiger partial charge in [0.05, 0.1) is 13.2 Å². The van der Waals surface area contributed by atoms with Crippen molar-refractivity contribution in [3.8, 4) is 6.01 Å². The van der Waals surface area contributed by atoms with Crippen molar-refractivity contribution in [2.24, 2.45) is 0 Å². The van der Waals surface area contributed by atoms with Gasteiger partial charge in [0.25, 0.3) is 0 Å². The topological polar surface area (TPSA) is 62.7 Å². The smallest absolute Gasteiger partial charge is 0.316 e. The average Bonchev–Trinajstić information content (AvgIpc) is 2.99. The second kappa shape index (κ2) is 27.0. The SMILES string of the molecule is CCCCCCCCCCCCCCCCCCOCC(CSCCCOC1CCCCO1)Oc1ncccn1. The maximum Gasteiger partial charge on any atom is 0.316 e. The first-order valence-electron chi connectivity index (χ1n) is 16.7. The molecular formula is C33H60N2O4S. The molecule has 1 aromatic heterocycles. The van der Waals surface area contributed by atoms with Crippen LogP contribution in [0.1, 0.15) is 135 Å². The van der Waals surface area contributed by atoms with Crippen LogP contribution in [-0.4, -0.2) is 60.3 Å². The molecule has 1 aliphatic rings. The van der Waals surface area contributed by atoms with Crippen molar-refractivity contribution in [1.82, 2.24) is 9.97 Å². The first-order chi connectivity index (χ1) is 19.9. The Balaban J connectivity index is 1.41. The monoisotopic (exact) mass is 580 g/mol. The minimum atomic E-state index is -0.0453. The third-order valence-corrected chi connectivity index (χ3v) is 8.62. The summed E-state index contributed by atoms with van der Waals surface area (Å²) in [5, 5.41) is 0. The predicted octanol–water partition coefficient (Wildman–Crippen LogP) is 9.17.